The first-order chi connectivity index (χ1) is 13.1. The maximum atomic E-state index is 11.3. The van der Waals surface area contributed by atoms with Crippen LogP contribution < -0.4 is 20.1 Å². The maximum absolute atomic E-state index is 11.3. The molecule has 0 saturated heterocycles. The van der Waals surface area contributed by atoms with Crippen molar-refractivity contribution in [1.29, 1.82) is 0 Å². The molecule has 1 aliphatic rings. The number of pyridine rings is 1. The second-order valence-electron chi connectivity index (χ2n) is 6.31. The van der Waals surface area contributed by atoms with Crippen LogP contribution in [0.2, 0.25) is 0 Å². The number of rotatable bonds is 3. The van der Waals surface area contributed by atoms with Gasteiger partial charge in [-0.3, -0.25) is 4.79 Å². The normalized spacial score (nSPS) is 12.9. The third-order valence-electron chi connectivity index (χ3n) is 4.55. The lowest BCUT2D eigenvalue weighted by atomic mass is 10.1. The van der Waals surface area contributed by atoms with Gasteiger partial charge >= 0.3 is 0 Å². The summed E-state index contributed by atoms with van der Waals surface area (Å²) in [7, 11) is 1.63. The monoisotopic (exact) mass is 361 g/mol. The van der Waals surface area contributed by atoms with Crippen LogP contribution in [0.1, 0.15) is 21.5 Å². The highest BCUT2D eigenvalue weighted by molar-refractivity contribution is 5.92. The molecule has 2 N–H and O–H groups in total. The zero-order chi connectivity index (χ0) is 18.8. The van der Waals surface area contributed by atoms with E-state index in [-0.39, 0.29) is 0 Å². The minimum atomic E-state index is -0.488. The molecule has 0 fully saturated rings. The minimum Gasteiger partial charge on any atom is -0.497 e. The summed E-state index contributed by atoms with van der Waals surface area (Å²) in [4.78, 5) is 17.9. The predicted molar refractivity (Wildman–Crippen MR) is 102 cm³/mol. The molecule has 4 rings (SSSR count). The van der Waals surface area contributed by atoms with Crippen molar-refractivity contribution in [3.8, 4) is 17.2 Å². The second kappa shape index (κ2) is 6.99. The number of aromatic nitrogens is 1. The van der Waals surface area contributed by atoms with Crippen LogP contribution in [0, 0.1) is 0 Å². The van der Waals surface area contributed by atoms with Gasteiger partial charge in [0.25, 0.3) is 0 Å². The van der Waals surface area contributed by atoms with Gasteiger partial charge in [0.1, 0.15) is 23.1 Å². The van der Waals surface area contributed by atoms with Crippen molar-refractivity contribution in [3.63, 3.8) is 0 Å². The van der Waals surface area contributed by atoms with E-state index < -0.39 is 5.91 Å². The van der Waals surface area contributed by atoms with E-state index in [2.05, 4.69) is 9.88 Å². The number of carbonyl (C=O) groups excluding carboxylic acids is 1. The van der Waals surface area contributed by atoms with Crippen LogP contribution >= 0.6 is 0 Å². The third-order valence-corrected chi connectivity index (χ3v) is 4.55. The van der Waals surface area contributed by atoms with Gasteiger partial charge in [0.15, 0.2) is 0 Å². The first-order valence-electron chi connectivity index (χ1n) is 8.57. The Hall–Kier alpha value is -3.54. The summed E-state index contributed by atoms with van der Waals surface area (Å²) in [6, 6.07) is 17.2. The summed E-state index contributed by atoms with van der Waals surface area (Å²) in [5.41, 5.74) is 7.78. The molecule has 0 atom stereocenters. The number of hydrogen-bond acceptors (Lipinski definition) is 5. The van der Waals surface area contributed by atoms with E-state index in [0.717, 1.165) is 34.2 Å². The van der Waals surface area contributed by atoms with Crippen LogP contribution in [0.25, 0.3) is 0 Å². The molecule has 1 amide bonds. The van der Waals surface area contributed by atoms with Crippen molar-refractivity contribution in [2.75, 3.05) is 12.0 Å². The van der Waals surface area contributed by atoms with Gasteiger partial charge in [-0.2, -0.15) is 0 Å². The quantitative estimate of drug-likeness (QED) is 0.772. The molecule has 27 heavy (non-hydrogen) atoms. The number of methoxy groups -OCH3 is 1. The molecular weight excluding hydrogens is 342 g/mol. The Bertz CT molecular complexity index is 986. The van der Waals surface area contributed by atoms with Gasteiger partial charge in [0.05, 0.1) is 12.7 Å². The molecule has 2 aromatic carbocycles. The number of carbonyl (C=O) groups is 1. The summed E-state index contributed by atoms with van der Waals surface area (Å²) in [5, 5.41) is 0. The van der Waals surface area contributed by atoms with Crippen LogP contribution in [0.4, 0.5) is 5.82 Å². The number of primary amides is 1. The topological polar surface area (TPSA) is 77.7 Å². The van der Waals surface area contributed by atoms with Crippen molar-refractivity contribution >= 4 is 11.7 Å². The lowest BCUT2D eigenvalue weighted by molar-refractivity contribution is 0.1000. The van der Waals surface area contributed by atoms with Crippen molar-refractivity contribution in [2.45, 2.75) is 13.1 Å². The summed E-state index contributed by atoms with van der Waals surface area (Å²) in [6.45, 7) is 1.24. The van der Waals surface area contributed by atoms with E-state index in [1.807, 2.05) is 48.5 Å². The second-order valence-corrected chi connectivity index (χ2v) is 6.31. The zero-order valence-electron chi connectivity index (χ0n) is 14.9. The standard InChI is InChI=1S/C21H19N3O3/c1-26-17-8-6-16-13-24(20-9-7-14(11-23-20)21(22)25)12-15-4-2-3-5-18(15)27-19(16)10-17/h2-11H,12-13H2,1H3,(H2,22,25). The smallest absolute Gasteiger partial charge is 0.250 e. The minimum absolute atomic E-state index is 0.389. The Labute approximate surface area is 157 Å². The molecule has 0 unspecified atom stereocenters. The Morgan fingerprint density at radius 1 is 1.07 bits per heavy atom. The van der Waals surface area contributed by atoms with Crippen molar-refractivity contribution in [1.82, 2.24) is 4.98 Å². The predicted octanol–water partition coefficient (Wildman–Crippen LogP) is 3.50. The Morgan fingerprint density at radius 3 is 2.56 bits per heavy atom. The largest absolute Gasteiger partial charge is 0.497 e. The number of para-hydroxylation sites is 1. The molecule has 0 saturated carbocycles. The number of hydrogen-bond donors (Lipinski definition) is 1. The van der Waals surface area contributed by atoms with Gasteiger partial charge in [-0.05, 0) is 30.3 Å². The van der Waals surface area contributed by atoms with Gasteiger partial charge in [0.2, 0.25) is 5.91 Å². The molecule has 0 radical (unpaired) electrons. The number of anilines is 1. The van der Waals surface area contributed by atoms with Crippen molar-refractivity contribution in [3.05, 3.63) is 77.5 Å². The van der Waals surface area contributed by atoms with Gasteiger partial charge < -0.3 is 20.1 Å². The highest BCUT2D eigenvalue weighted by Crippen LogP contribution is 2.36. The fraction of sp³-hybridized carbons (Fsp3) is 0.143. The van der Waals surface area contributed by atoms with Crippen LogP contribution in [-0.2, 0) is 13.1 Å². The van der Waals surface area contributed by atoms with E-state index in [1.165, 1.54) is 6.20 Å². The van der Waals surface area contributed by atoms with E-state index in [9.17, 15) is 4.79 Å². The first-order valence-corrected chi connectivity index (χ1v) is 8.57. The summed E-state index contributed by atoms with van der Waals surface area (Å²) < 4.78 is 11.5. The summed E-state index contributed by atoms with van der Waals surface area (Å²) >= 11 is 0. The van der Waals surface area contributed by atoms with Gasteiger partial charge in [-0.15, -0.1) is 0 Å². The average Bonchev–Trinajstić information content (AvgIpc) is 2.68. The first kappa shape index (κ1) is 16.9. The molecule has 3 aromatic rings. The van der Waals surface area contributed by atoms with E-state index in [4.69, 9.17) is 15.2 Å². The lowest BCUT2D eigenvalue weighted by Gasteiger charge is -2.28. The molecular formula is C21H19N3O3. The number of benzene rings is 2. The third kappa shape index (κ3) is 3.42. The SMILES string of the molecule is COc1ccc2c(c1)Oc1ccccc1CN(c1ccc(C(N)=O)cn1)C2. The van der Waals surface area contributed by atoms with Crippen molar-refractivity contribution < 1.29 is 14.3 Å². The molecule has 2 heterocycles. The van der Waals surface area contributed by atoms with E-state index in [0.29, 0.717) is 18.7 Å². The van der Waals surface area contributed by atoms with E-state index >= 15 is 0 Å². The number of fused-ring (bicyclic) bond motifs is 2. The molecule has 0 aliphatic carbocycles. The number of nitrogens with two attached hydrogens (primary N) is 1. The van der Waals surface area contributed by atoms with Gasteiger partial charge in [-0.25, -0.2) is 4.98 Å². The van der Waals surface area contributed by atoms with Crippen LogP contribution in [-0.4, -0.2) is 18.0 Å². The molecule has 1 aliphatic heterocycles. The summed E-state index contributed by atoms with van der Waals surface area (Å²) in [5.74, 6) is 2.56. The number of ether oxygens (including phenoxy) is 2. The van der Waals surface area contributed by atoms with Crippen LogP contribution in [0.15, 0.2) is 60.8 Å². The highest BCUT2D eigenvalue weighted by Gasteiger charge is 2.20. The Balaban J connectivity index is 1.77. The fourth-order valence-corrected chi connectivity index (χ4v) is 3.09. The molecule has 0 spiro atoms. The Morgan fingerprint density at radius 2 is 1.85 bits per heavy atom. The highest BCUT2D eigenvalue weighted by atomic mass is 16.5. The van der Waals surface area contributed by atoms with Crippen LogP contribution in [0.3, 0.4) is 0 Å². The maximum Gasteiger partial charge on any atom is 0.250 e. The fourth-order valence-electron chi connectivity index (χ4n) is 3.09. The zero-order valence-corrected chi connectivity index (χ0v) is 14.9. The molecule has 0 bridgehead atoms. The summed E-state index contributed by atoms with van der Waals surface area (Å²) in [6.07, 6.45) is 1.51. The number of amides is 1. The van der Waals surface area contributed by atoms with Gasteiger partial charge in [0, 0.05) is 36.5 Å². The molecule has 1 aromatic heterocycles. The average molecular weight is 361 g/mol. The molecule has 6 heteroatoms. The van der Waals surface area contributed by atoms with Gasteiger partial charge in [-0.1, -0.05) is 18.2 Å². The van der Waals surface area contributed by atoms with Crippen LogP contribution in [0.5, 0.6) is 17.2 Å². The Kier molecular flexibility index (Phi) is 4.38. The molecule has 6 nitrogen and oxygen atoms in total. The lowest BCUT2D eigenvalue weighted by Crippen LogP contribution is -2.25. The number of nitrogens with zero attached hydrogens (tertiary/aromatic N) is 2. The van der Waals surface area contributed by atoms with Crippen molar-refractivity contribution in [2.24, 2.45) is 5.73 Å². The molecule has 136 valence electrons. The van der Waals surface area contributed by atoms with E-state index in [1.54, 1.807) is 13.2 Å².